The van der Waals surface area contributed by atoms with Gasteiger partial charge in [0.2, 0.25) is 5.91 Å². The van der Waals surface area contributed by atoms with Gasteiger partial charge in [-0.1, -0.05) is 24.3 Å². The Hall–Kier alpha value is -3.22. The zero-order valence-electron chi connectivity index (χ0n) is 15.3. The summed E-state index contributed by atoms with van der Waals surface area (Å²) in [6.45, 7) is 1.98. The van der Waals surface area contributed by atoms with Crippen LogP contribution in [-0.2, 0) is 11.2 Å². The van der Waals surface area contributed by atoms with Crippen LogP contribution in [0.15, 0.2) is 42.5 Å². The standard InChI is InChI=1S/C20H21N5O2/c1-13-6-7-14(10-18(13)27-2)11-19(26)21-16-5-3-4-15(12-16)20-22-23-24-25(20)17-8-9-17/h3-7,10,12,17H,8-9,11H2,1-2H3,(H,21,26). The van der Waals surface area contributed by atoms with E-state index in [0.29, 0.717) is 6.04 Å². The van der Waals surface area contributed by atoms with Gasteiger partial charge in [0.05, 0.1) is 19.6 Å². The highest BCUT2D eigenvalue weighted by Crippen LogP contribution is 2.36. The maximum Gasteiger partial charge on any atom is 0.228 e. The number of anilines is 1. The molecule has 2 aromatic carbocycles. The number of amides is 1. The van der Waals surface area contributed by atoms with E-state index in [1.807, 2.05) is 54.1 Å². The van der Waals surface area contributed by atoms with Crippen LogP contribution >= 0.6 is 0 Å². The molecule has 1 saturated carbocycles. The van der Waals surface area contributed by atoms with E-state index in [4.69, 9.17) is 4.74 Å². The van der Waals surface area contributed by atoms with Crippen LogP contribution in [0, 0.1) is 6.92 Å². The number of tetrazole rings is 1. The maximum atomic E-state index is 12.5. The zero-order valence-corrected chi connectivity index (χ0v) is 15.3. The Morgan fingerprint density at radius 3 is 2.89 bits per heavy atom. The average molecular weight is 363 g/mol. The molecular formula is C20H21N5O2. The zero-order chi connectivity index (χ0) is 18.8. The van der Waals surface area contributed by atoms with Gasteiger partial charge in [-0.2, -0.15) is 0 Å². The van der Waals surface area contributed by atoms with Crippen LogP contribution in [0.2, 0.25) is 0 Å². The number of hydrogen-bond acceptors (Lipinski definition) is 5. The second-order valence-electron chi connectivity index (χ2n) is 6.79. The fourth-order valence-corrected chi connectivity index (χ4v) is 3.05. The molecule has 1 heterocycles. The lowest BCUT2D eigenvalue weighted by Gasteiger charge is -2.09. The Bertz CT molecular complexity index is 978. The van der Waals surface area contributed by atoms with Crippen LogP contribution in [-0.4, -0.2) is 33.2 Å². The van der Waals surface area contributed by atoms with Crippen molar-refractivity contribution in [2.45, 2.75) is 32.2 Å². The Labute approximate surface area is 157 Å². The lowest BCUT2D eigenvalue weighted by molar-refractivity contribution is -0.115. The fraction of sp³-hybridized carbons (Fsp3) is 0.300. The van der Waals surface area contributed by atoms with Gasteiger partial charge >= 0.3 is 0 Å². The number of nitrogens with zero attached hydrogens (tertiary/aromatic N) is 4. The number of rotatable bonds is 6. The molecule has 0 atom stereocenters. The Kier molecular flexibility index (Phi) is 4.58. The normalized spacial score (nSPS) is 13.4. The van der Waals surface area contributed by atoms with Crippen LogP contribution in [0.4, 0.5) is 5.69 Å². The Morgan fingerprint density at radius 1 is 1.26 bits per heavy atom. The van der Waals surface area contributed by atoms with Crippen molar-refractivity contribution >= 4 is 11.6 Å². The molecule has 0 bridgehead atoms. The van der Waals surface area contributed by atoms with E-state index < -0.39 is 0 Å². The number of carbonyl (C=O) groups is 1. The Balaban J connectivity index is 1.48. The molecule has 0 radical (unpaired) electrons. The van der Waals surface area contributed by atoms with Gasteiger partial charge in [0.1, 0.15) is 5.75 Å². The first kappa shape index (κ1) is 17.2. The molecule has 0 unspecified atom stereocenters. The highest BCUT2D eigenvalue weighted by atomic mass is 16.5. The molecule has 1 aliphatic rings. The minimum atomic E-state index is -0.0835. The number of hydrogen-bond donors (Lipinski definition) is 1. The quantitative estimate of drug-likeness (QED) is 0.727. The van der Waals surface area contributed by atoms with Gasteiger partial charge in [-0.3, -0.25) is 4.79 Å². The topological polar surface area (TPSA) is 81.9 Å². The van der Waals surface area contributed by atoms with Crippen molar-refractivity contribution in [1.82, 2.24) is 20.2 Å². The molecule has 1 fully saturated rings. The largest absolute Gasteiger partial charge is 0.496 e. The molecule has 1 aliphatic carbocycles. The molecular weight excluding hydrogens is 342 g/mol. The van der Waals surface area contributed by atoms with Gasteiger partial charge in [0.25, 0.3) is 0 Å². The summed E-state index contributed by atoms with van der Waals surface area (Å²) in [5.41, 5.74) is 3.56. The third-order valence-electron chi connectivity index (χ3n) is 4.63. The molecule has 7 nitrogen and oxygen atoms in total. The maximum absolute atomic E-state index is 12.5. The summed E-state index contributed by atoms with van der Waals surface area (Å²) in [6.07, 6.45) is 2.49. The van der Waals surface area contributed by atoms with Crippen molar-refractivity contribution in [3.8, 4) is 17.1 Å². The van der Waals surface area contributed by atoms with Crippen LogP contribution in [0.25, 0.3) is 11.4 Å². The Morgan fingerprint density at radius 2 is 2.11 bits per heavy atom. The molecule has 27 heavy (non-hydrogen) atoms. The molecule has 138 valence electrons. The SMILES string of the molecule is COc1cc(CC(=O)Nc2cccc(-c3nnnn3C3CC3)c2)ccc1C. The number of ether oxygens (including phenoxy) is 1. The number of aryl methyl sites for hydroxylation is 1. The van der Waals surface area contributed by atoms with Crippen LogP contribution < -0.4 is 10.1 Å². The van der Waals surface area contributed by atoms with Crippen molar-refractivity contribution in [2.75, 3.05) is 12.4 Å². The monoisotopic (exact) mass is 363 g/mol. The summed E-state index contributed by atoms with van der Waals surface area (Å²) < 4.78 is 7.19. The lowest BCUT2D eigenvalue weighted by Crippen LogP contribution is -2.14. The van der Waals surface area contributed by atoms with Crippen LogP contribution in [0.1, 0.15) is 30.0 Å². The summed E-state index contributed by atoms with van der Waals surface area (Å²) in [5.74, 6) is 1.44. The third kappa shape index (κ3) is 3.81. The minimum absolute atomic E-state index is 0.0835. The van der Waals surface area contributed by atoms with Crippen molar-refractivity contribution < 1.29 is 9.53 Å². The van der Waals surface area contributed by atoms with Crippen molar-refractivity contribution in [2.24, 2.45) is 0 Å². The molecule has 0 saturated heterocycles. The van der Waals surface area contributed by atoms with E-state index in [-0.39, 0.29) is 12.3 Å². The van der Waals surface area contributed by atoms with Gasteiger partial charge in [-0.05, 0) is 59.5 Å². The molecule has 1 N–H and O–H groups in total. The predicted octanol–water partition coefficient (Wildman–Crippen LogP) is 3.17. The third-order valence-corrected chi connectivity index (χ3v) is 4.63. The van der Waals surface area contributed by atoms with Crippen molar-refractivity contribution in [1.29, 1.82) is 0 Å². The average Bonchev–Trinajstić information content (AvgIpc) is 3.39. The molecule has 1 aromatic heterocycles. The van der Waals surface area contributed by atoms with Gasteiger partial charge in [-0.15, -0.1) is 5.10 Å². The number of nitrogens with one attached hydrogen (secondary N) is 1. The van der Waals surface area contributed by atoms with Crippen LogP contribution in [0.5, 0.6) is 5.75 Å². The minimum Gasteiger partial charge on any atom is -0.496 e. The highest BCUT2D eigenvalue weighted by molar-refractivity contribution is 5.92. The molecule has 0 spiro atoms. The predicted molar refractivity (Wildman–Crippen MR) is 102 cm³/mol. The van der Waals surface area contributed by atoms with E-state index in [2.05, 4.69) is 20.8 Å². The van der Waals surface area contributed by atoms with E-state index in [9.17, 15) is 4.79 Å². The number of methoxy groups -OCH3 is 1. The molecule has 1 amide bonds. The smallest absolute Gasteiger partial charge is 0.228 e. The second kappa shape index (κ2) is 7.19. The van der Waals surface area contributed by atoms with E-state index in [1.165, 1.54) is 0 Å². The summed E-state index contributed by atoms with van der Waals surface area (Å²) in [7, 11) is 1.63. The van der Waals surface area contributed by atoms with Gasteiger partial charge < -0.3 is 10.1 Å². The number of benzene rings is 2. The first-order valence-electron chi connectivity index (χ1n) is 8.95. The summed E-state index contributed by atoms with van der Waals surface area (Å²) >= 11 is 0. The number of aromatic nitrogens is 4. The van der Waals surface area contributed by atoms with Gasteiger partial charge in [0, 0.05) is 11.3 Å². The molecule has 3 aromatic rings. The van der Waals surface area contributed by atoms with Crippen molar-refractivity contribution in [3.05, 3.63) is 53.6 Å². The molecule has 7 heteroatoms. The van der Waals surface area contributed by atoms with E-state index >= 15 is 0 Å². The number of carbonyl (C=O) groups excluding carboxylic acids is 1. The van der Waals surface area contributed by atoms with Crippen molar-refractivity contribution in [3.63, 3.8) is 0 Å². The highest BCUT2D eigenvalue weighted by Gasteiger charge is 2.28. The van der Waals surface area contributed by atoms with Gasteiger partial charge in [-0.25, -0.2) is 4.68 Å². The summed E-state index contributed by atoms with van der Waals surface area (Å²) in [4.78, 5) is 12.5. The summed E-state index contributed by atoms with van der Waals surface area (Å²) in [5, 5.41) is 15.0. The summed E-state index contributed by atoms with van der Waals surface area (Å²) in [6, 6.07) is 13.8. The van der Waals surface area contributed by atoms with E-state index in [0.717, 1.165) is 46.8 Å². The van der Waals surface area contributed by atoms with Crippen LogP contribution in [0.3, 0.4) is 0 Å². The van der Waals surface area contributed by atoms with E-state index in [1.54, 1.807) is 7.11 Å². The first-order valence-corrected chi connectivity index (χ1v) is 8.95. The molecule has 4 rings (SSSR count). The second-order valence-corrected chi connectivity index (χ2v) is 6.79. The van der Waals surface area contributed by atoms with Gasteiger partial charge in [0.15, 0.2) is 5.82 Å². The first-order chi connectivity index (χ1) is 13.1. The fourth-order valence-electron chi connectivity index (χ4n) is 3.05. The molecule has 0 aliphatic heterocycles. The lowest BCUT2D eigenvalue weighted by atomic mass is 10.1.